The van der Waals surface area contributed by atoms with Gasteiger partial charge in [-0.1, -0.05) is 165 Å². The second-order valence-electron chi connectivity index (χ2n) is 14.5. The number of rotatable bonds is 40. The van der Waals surface area contributed by atoms with E-state index in [9.17, 15) is 19.4 Å². The minimum Gasteiger partial charge on any atom is -0.387 e. The van der Waals surface area contributed by atoms with Crippen LogP contribution in [0.4, 0.5) is 0 Å². The topological polar surface area (TPSA) is 131 Å². The molecule has 0 heterocycles. The van der Waals surface area contributed by atoms with E-state index in [0.717, 1.165) is 64.2 Å². The van der Waals surface area contributed by atoms with Crippen molar-refractivity contribution in [3.8, 4) is 0 Å². The number of hydrogen-bond acceptors (Lipinski definition) is 6. The Hall–Kier alpha value is -1.54. The molecule has 0 radical (unpaired) electrons. The van der Waals surface area contributed by atoms with Crippen LogP contribution in [0.1, 0.15) is 194 Å². The molecule has 0 aliphatic carbocycles. The van der Waals surface area contributed by atoms with Gasteiger partial charge < -0.3 is 21.1 Å². The SMILES string of the molecule is CCCCCC/C=C\CCCCCCCC(=O)NC(COP(=O)(O)OCCN)C(O)/C=C/CC/C=C/CC/C=C/CCCCCCCCCCCCC. The molecule has 0 rings (SSSR count). The van der Waals surface area contributed by atoms with Gasteiger partial charge in [0.25, 0.3) is 0 Å². The minimum atomic E-state index is -4.35. The Bertz CT molecular complexity index is 970. The van der Waals surface area contributed by atoms with E-state index >= 15 is 0 Å². The van der Waals surface area contributed by atoms with Crippen molar-refractivity contribution in [1.29, 1.82) is 0 Å². The summed E-state index contributed by atoms with van der Waals surface area (Å²) in [7, 11) is -4.35. The number of phosphoric acid groups is 1. The molecule has 0 aromatic carbocycles. The first-order valence-corrected chi connectivity index (χ1v) is 23.3. The summed E-state index contributed by atoms with van der Waals surface area (Å²) in [5.74, 6) is -0.219. The molecule has 0 saturated carbocycles. The molecule has 3 unspecified atom stereocenters. The van der Waals surface area contributed by atoms with E-state index in [-0.39, 0.29) is 25.7 Å². The largest absolute Gasteiger partial charge is 0.472 e. The highest BCUT2D eigenvalue weighted by molar-refractivity contribution is 7.47. The van der Waals surface area contributed by atoms with Crippen LogP contribution in [0.15, 0.2) is 48.6 Å². The molecule has 0 aliphatic rings. The van der Waals surface area contributed by atoms with Crippen molar-refractivity contribution in [1.82, 2.24) is 5.32 Å². The Morgan fingerprint density at radius 3 is 1.47 bits per heavy atom. The molecule has 1 amide bonds. The first-order chi connectivity index (χ1) is 25.9. The van der Waals surface area contributed by atoms with E-state index in [0.29, 0.717) is 6.42 Å². The highest BCUT2D eigenvalue weighted by Gasteiger charge is 2.26. The summed E-state index contributed by atoms with van der Waals surface area (Å²) in [4.78, 5) is 22.6. The number of allylic oxidation sites excluding steroid dienone is 7. The number of carbonyl (C=O) groups is 1. The number of unbranched alkanes of at least 4 members (excludes halogenated alkanes) is 22. The molecule has 3 atom stereocenters. The van der Waals surface area contributed by atoms with Gasteiger partial charge in [-0.05, 0) is 70.6 Å². The van der Waals surface area contributed by atoms with Crippen LogP contribution in [0.2, 0.25) is 0 Å². The van der Waals surface area contributed by atoms with Gasteiger partial charge in [0.05, 0.1) is 25.4 Å². The van der Waals surface area contributed by atoms with Gasteiger partial charge in [0.15, 0.2) is 0 Å². The normalized spacial score (nSPS) is 14.6. The van der Waals surface area contributed by atoms with E-state index in [1.807, 2.05) is 6.08 Å². The average molecular weight is 767 g/mol. The molecule has 0 aromatic heterocycles. The molecule has 9 heteroatoms. The molecule has 0 spiro atoms. The average Bonchev–Trinajstić information content (AvgIpc) is 3.14. The third-order valence-electron chi connectivity index (χ3n) is 9.35. The second kappa shape index (κ2) is 40.1. The van der Waals surface area contributed by atoms with Crippen LogP contribution in [-0.2, 0) is 18.4 Å². The van der Waals surface area contributed by atoms with E-state index in [2.05, 4.69) is 55.6 Å². The van der Waals surface area contributed by atoms with Gasteiger partial charge in [-0.2, -0.15) is 0 Å². The maximum atomic E-state index is 12.7. The van der Waals surface area contributed by atoms with Crippen LogP contribution in [-0.4, -0.2) is 47.8 Å². The zero-order valence-corrected chi connectivity index (χ0v) is 35.1. The molecule has 0 aliphatic heterocycles. The maximum Gasteiger partial charge on any atom is 0.472 e. The number of phosphoric ester groups is 1. The first kappa shape index (κ1) is 51.5. The molecule has 310 valence electrons. The molecule has 8 nitrogen and oxygen atoms in total. The molecular weight excluding hydrogens is 683 g/mol. The Morgan fingerprint density at radius 1 is 0.604 bits per heavy atom. The molecule has 53 heavy (non-hydrogen) atoms. The number of aliphatic hydroxyl groups excluding tert-OH is 1. The molecule has 0 bridgehead atoms. The quantitative estimate of drug-likeness (QED) is 0.0277. The number of nitrogens with two attached hydrogens (primary N) is 1. The fourth-order valence-electron chi connectivity index (χ4n) is 6.04. The van der Waals surface area contributed by atoms with Gasteiger partial charge in [-0.15, -0.1) is 0 Å². The third-order valence-corrected chi connectivity index (χ3v) is 10.3. The maximum absolute atomic E-state index is 12.7. The monoisotopic (exact) mass is 767 g/mol. The smallest absolute Gasteiger partial charge is 0.387 e. The molecule has 0 aromatic rings. The van der Waals surface area contributed by atoms with Crippen molar-refractivity contribution in [3.63, 3.8) is 0 Å². The lowest BCUT2D eigenvalue weighted by molar-refractivity contribution is -0.123. The predicted octanol–water partition coefficient (Wildman–Crippen LogP) is 12.1. The van der Waals surface area contributed by atoms with Crippen molar-refractivity contribution < 1.29 is 28.4 Å². The molecular formula is C44H83N2O6P. The van der Waals surface area contributed by atoms with Crippen molar-refractivity contribution in [2.24, 2.45) is 5.73 Å². The van der Waals surface area contributed by atoms with Crippen LogP contribution in [0.3, 0.4) is 0 Å². The number of aliphatic hydroxyl groups is 1. The van der Waals surface area contributed by atoms with Gasteiger partial charge in [-0.25, -0.2) is 4.57 Å². The molecule has 5 N–H and O–H groups in total. The van der Waals surface area contributed by atoms with Crippen LogP contribution < -0.4 is 11.1 Å². The van der Waals surface area contributed by atoms with Crippen molar-refractivity contribution in [3.05, 3.63) is 48.6 Å². The fourth-order valence-corrected chi connectivity index (χ4v) is 6.80. The highest BCUT2D eigenvalue weighted by Crippen LogP contribution is 2.43. The molecule has 0 saturated heterocycles. The second-order valence-corrected chi connectivity index (χ2v) is 16.0. The van der Waals surface area contributed by atoms with Crippen LogP contribution in [0, 0.1) is 0 Å². The zero-order chi connectivity index (χ0) is 38.9. The van der Waals surface area contributed by atoms with Crippen LogP contribution in [0.25, 0.3) is 0 Å². The van der Waals surface area contributed by atoms with Crippen molar-refractivity contribution in [2.75, 3.05) is 19.8 Å². The van der Waals surface area contributed by atoms with E-state index < -0.39 is 20.0 Å². The van der Waals surface area contributed by atoms with E-state index in [4.69, 9.17) is 14.8 Å². The van der Waals surface area contributed by atoms with Crippen molar-refractivity contribution in [2.45, 2.75) is 206 Å². The first-order valence-electron chi connectivity index (χ1n) is 21.8. The summed E-state index contributed by atoms with van der Waals surface area (Å²) in [5.41, 5.74) is 5.36. The number of amides is 1. The van der Waals surface area contributed by atoms with Gasteiger partial charge in [-0.3, -0.25) is 13.8 Å². The number of hydrogen-bond donors (Lipinski definition) is 4. The summed E-state index contributed by atoms with van der Waals surface area (Å²) >= 11 is 0. The predicted molar refractivity (Wildman–Crippen MR) is 226 cm³/mol. The Kier molecular flexibility index (Phi) is 39.0. The van der Waals surface area contributed by atoms with Gasteiger partial charge in [0, 0.05) is 13.0 Å². The Balaban J connectivity index is 4.30. The van der Waals surface area contributed by atoms with E-state index in [1.165, 1.54) is 109 Å². The van der Waals surface area contributed by atoms with Gasteiger partial charge in [0.1, 0.15) is 0 Å². The Labute approximate surface area is 326 Å². The standard InChI is InChI=1S/C44H83N2O6P/c1-3-5-7-9-11-13-15-17-18-19-20-21-22-23-24-26-27-29-31-33-35-37-43(47)42(41-52-53(49,50)51-40-39-45)46-44(48)38-36-34-32-30-28-25-16-14-12-10-8-6-4-2/h14,16,22-23,27,29,35,37,42-43,47H,3-13,15,17-21,24-26,28,30-34,36,38-41,45H2,1-2H3,(H,46,48)(H,49,50)/b16-14-,23-22+,29-27+,37-35+. The molecule has 0 fully saturated rings. The number of nitrogens with one attached hydrogen (secondary N) is 1. The third kappa shape index (κ3) is 38.5. The lowest BCUT2D eigenvalue weighted by atomic mass is 10.1. The van der Waals surface area contributed by atoms with E-state index in [1.54, 1.807) is 6.08 Å². The van der Waals surface area contributed by atoms with Gasteiger partial charge >= 0.3 is 7.82 Å². The summed E-state index contributed by atoms with van der Waals surface area (Å²) in [6, 6.07) is -0.887. The lowest BCUT2D eigenvalue weighted by Gasteiger charge is -2.23. The Morgan fingerprint density at radius 2 is 1.00 bits per heavy atom. The van der Waals surface area contributed by atoms with Crippen LogP contribution in [0.5, 0.6) is 0 Å². The van der Waals surface area contributed by atoms with Crippen LogP contribution >= 0.6 is 7.82 Å². The minimum absolute atomic E-state index is 0.0693. The van der Waals surface area contributed by atoms with Crippen molar-refractivity contribution >= 4 is 13.7 Å². The summed E-state index contributed by atoms with van der Waals surface area (Å²) in [6.07, 6.45) is 48.8. The van der Waals surface area contributed by atoms with Gasteiger partial charge in [0.2, 0.25) is 5.91 Å². The summed E-state index contributed by atoms with van der Waals surface area (Å²) in [6.45, 7) is 4.08. The summed E-state index contributed by atoms with van der Waals surface area (Å²) in [5, 5.41) is 13.6. The lowest BCUT2D eigenvalue weighted by Crippen LogP contribution is -2.45. The zero-order valence-electron chi connectivity index (χ0n) is 34.2. The summed E-state index contributed by atoms with van der Waals surface area (Å²) < 4.78 is 22.1. The highest BCUT2D eigenvalue weighted by atomic mass is 31.2. The fraction of sp³-hybridized carbons (Fsp3) is 0.795. The number of carbonyl (C=O) groups excluding carboxylic acids is 1.